The van der Waals surface area contributed by atoms with Gasteiger partial charge in [0, 0.05) is 12.8 Å². The lowest BCUT2D eigenvalue weighted by molar-refractivity contribution is -0.220. The first-order chi connectivity index (χ1) is 33.4. The summed E-state index contributed by atoms with van der Waals surface area (Å²) in [5, 5.41) is 50.3. The van der Waals surface area contributed by atoms with Gasteiger partial charge < -0.3 is 39.9 Å². The van der Waals surface area contributed by atoms with Crippen molar-refractivity contribution in [1.82, 2.24) is 0 Å². The van der Waals surface area contributed by atoms with Crippen molar-refractivity contribution in [2.75, 3.05) is 13.2 Å². The number of unbranched alkanes of at least 4 members (excludes halogenated alkanes) is 29. The highest BCUT2D eigenvalue weighted by Gasteiger charge is 2.51. The molecule has 0 amide bonds. The Kier molecular flexibility index (Phi) is 42.2. The van der Waals surface area contributed by atoms with Crippen LogP contribution in [0.15, 0.2) is 36.5 Å². The van der Waals surface area contributed by atoms with Crippen LogP contribution in [-0.2, 0) is 32.7 Å². The first-order valence-electron chi connectivity index (χ1n) is 27.8. The normalized spacial score (nSPS) is 21.1. The minimum atomic E-state index is -5.13. The van der Waals surface area contributed by atoms with E-state index in [0.29, 0.717) is 19.3 Å². The molecule has 0 radical (unpaired) electrons. The molecule has 0 aromatic carbocycles. The van der Waals surface area contributed by atoms with Gasteiger partial charge in [-0.2, -0.15) is 0 Å². The van der Waals surface area contributed by atoms with Crippen molar-refractivity contribution in [3.8, 4) is 0 Å². The molecule has 6 unspecified atom stereocenters. The van der Waals surface area contributed by atoms with E-state index in [-0.39, 0.29) is 12.8 Å². The van der Waals surface area contributed by atoms with Crippen LogP contribution < -0.4 is 0 Å². The molecule has 1 saturated carbocycles. The molecule has 69 heavy (non-hydrogen) atoms. The van der Waals surface area contributed by atoms with Crippen LogP contribution in [0.4, 0.5) is 0 Å². The maximum absolute atomic E-state index is 12.9. The number of carbonyl (C=O) groups is 2. The summed E-state index contributed by atoms with van der Waals surface area (Å²) in [7, 11) is -5.13. The Morgan fingerprint density at radius 1 is 0.435 bits per heavy atom. The summed E-state index contributed by atoms with van der Waals surface area (Å²) in [6.45, 7) is 3.30. The number of aliphatic hydroxyl groups is 5. The average molecular weight is 1000 g/mol. The van der Waals surface area contributed by atoms with Gasteiger partial charge in [-0.15, -0.1) is 0 Å². The zero-order valence-electron chi connectivity index (χ0n) is 43.4. The number of rotatable bonds is 47. The highest BCUT2D eigenvalue weighted by atomic mass is 31.2. The predicted octanol–water partition coefficient (Wildman–Crippen LogP) is 12.5. The van der Waals surface area contributed by atoms with Crippen LogP contribution in [0.2, 0.25) is 0 Å². The smallest absolute Gasteiger partial charge is 0.462 e. The van der Waals surface area contributed by atoms with E-state index in [1.807, 2.05) is 6.08 Å². The molecular weight excluding hydrogens is 900 g/mol. The zero-order valence-corrected chi connectivity index (χ0v) is 44.3. The van der Waals surface area contributed by atoms with Gasteiger partial charge in [0.2, 0.25) is 0 Å². The minimum Gasteiger partial charge on any atom is -0.462 e. The summed E-state index contributed by atoms with van der Waals surface area (Å²) in [4.78, 5) is 35.9. The van der Waals surface area contributed by atoms with Gasteiger partial charge in [0.15, 0.2) is 6.10 Å². The number of carbonyl (C=O) groups excluding carboxylic acids is 2. The fraction of sp³-hybridized carbons (Fsp3) is 0.855. The second-order valence-corrected chi connectivity index (χ2v) is 20.8. The van der Waals surface area contributed by atoms with E-state index in [9.17, 15) is 44.6 Å². The van der Waals surface area contributed by atoms with E-state index in [0.717, 1.165) is 44.9 Å². The molecule has 1 fully saturated rings. The lowest BCUT2D eigenvalue weighted by Gasteiger charge is -2.41. The third kappa shape index (κ3) is 36.6. The van der Waals surface area contributed by atoms with Crippen LogP contribution in [0.5, 0.6) is 0 Å². The molecule has 0 heterocycles. The van der Waals surface area contributed by atoms with Gasteiger partial charge in [0.05, 0.1) is 6.61 Å². The van der Waals surface area contributed by atoms with Crippen LogP contribution in [-0.4, -0.2) is 98.3 Å². The zero-order chi connectivity index (χ0) is 50.6. The number of aliphatic hydroxyl groups excluding tert-OH is 5. The number of hydrogen-bond acceptors (Lipinski definition) is 12. The molecule has 6 N–H and O–H groups in total. The van der Waals surface area contributed by atoms with Crippen LogP contribution in [0.3, 0.4) is 0 Å². The highest BCUT2D eigenvalue weighted by molar-refractivity contribution is 7.47. The molecule has 0 aromatic heterocycles. The van der Waals surface area contributed by atoms with E-state index < -0.39 is 75.7 Å². The third-order valence-electron chi connectivity index (χ3n) is 12.9. The lowest BCUT2D eigenvalue weighted by atomic mass is 9.85. The SMILES string of the molecule is CCCCCC/C=C/CCCCCCCCCCCC(=O)OC[C@H](COP(=O)(O)OC1C(O)C(O)C(O)[C@@H](O)C1O)OC(=O)CCC/C=C/CC/C=C/CCCCCCCCCCCCCCCC. The maximum atomic E-state index is 12.9. The standard InChI is InChI=1S/C55H101O13P/c1-3-5-7-9-11-13-15-17-19-21-22-23-24-25-26-28-30-32-34-36-38-40-42-44-49(57)67-47(46-66-69(63,64)68-55-53(61)51(59)50(58)52(60)54(55)62)45-65-48(56)43-41-39-37-35-33-31-29-27-20-18-16-14-12-10-8-6-4-2/h14,16,28,30,36,38,47,50-55,58-62H,3-13,15,17-27,29,31-35,37,39-46H2,1-2H3,(H,63,64)/b16-14+,30-28+,38-36+/t47-,50?,51-,52?,53?,54?,55?/m1/s1. The summed E-state index contributed by atoms with van der Waals surface area (Å²) >= 11 is 0. The Hall–Kier alpha value is -1.93. The molecule has 1 rings (SSSR count). The van der Waals surface area contributed by atoms with Crippen LogP contribution in [0, 0.1) is 0 Å². The Labute approximate surface area is 418 Å². The molecule has 0 saturated heterocycles. The Bertz CT molecular complexity index is 1340. The topological polar surface area (TPSA) is 210 Å². The van der Waals surface area contributed by atoms with E-state index in [1.54, 1.807) is 0 Å². The van der Waals surface area contributed by atoms with E-state index in [4.69, 9.17) is 18.5 Å². The number of hydrogen-bond donors (Lipinski definition) is 6. The van der Waals surface area contributed by atoms with Gasteiger partial charge in [-0.05, 0) is 70.6 Å². The average Bonchev–Trinajstić information content (AvgIpc) is 3.33. The van der Waals surface area contributed by atoms with Crippen LogP contribution in [0.25, 0.3) is 0 Å². The third-order valence-corrected chi connectivity index (χ3v) is 13.9. The molecule has 8 atom stereocenters. The van der Waals surface area contributed by atoms with Crippen molar-refractivity contribution in [2.45, 2.75) is 288 Å². The van der Waals surface area contributed by atoms with Crippen molar-refractivity contribution in [2.24, 2.45) is 0 Å². The number of phosphoric acid groups is 1. The second kappa shape index (κ2) is 44.7. The van der Waals surface area contributed by atoms with Crippen molar-refractivity contribution in [3.63, 3.8) is 0 Å². The quantitative estimate of drug-likeness (QED) is 0.0145. The number of phosphoric ester groups is 1. The molecule has 0 spiro atoms. The summed E-state index contributed by atoms with van der Waals surface area (Å²) in [5.74, 6) is -1.14. The van der Waals surface area contributed by atoms with Gasteiger partial charge in [0.25, 0.3) is 0 Å². The van der Waals surface area contributed by atoms with Gasteiger partial charge >= 0.3 is 19.8 Å². The van der Waals surface area contributed by atoms with E-state index in [1.165, 1.54) is 154 Å². The van der Waals surface area contributed by atoms with Crippen LogP contribution in [0.1, 0.15) is 245 Å². The van der Waals surface area contributed by atoms with Gasteiger partial charge in [-0.3, -0.25) is 18.6 Å². The van der Waals surface area contributed by atoms with Gasteiger partial charge in [-0.1, -0.05) is 198 Å². The Balaban J connectivity index is 2.38. The van der Waals surface area contributed by atoms with Crippen molar-refractivity contribution >= 4 is 19.8 Å². The minimum absolute atomic E-state index is 0.0380. The van der Waals surface area contributed by atoms with E-state index in [2.05, 4.69) is 44.2 Å². The number of allylic oxidation sites excluding steroid dienone is 6. The fourth-order valence-corrected chi connectivity index (χ4v) is 9.45. The maximum Gasteiger partial charge on any atom is 0.472 e. The van der Waals surface area contributed by atoms with Crippen LogP contribution >= 0.6 is 7.82 Å². The number of esters is 2. The van der Waals surface area contributed by atoms with Gasteiger partial charge in [-0.25, -0.2) is 4.57 Å². The highest BCUT2D eigenvalue weighted by Crippen LogP contribution is 2.47. The molecule has 13 nitrogen and oxygen atoms in total. The van der Waals surface area contributed by atoms with E-state index >= 15 is 0 Å². The largest absolute Gasteiger partial charge is 0.472 e. The second-order valence-electron chi connectivity index (χ2n) is 19.4. The van der Waals surface area contributed by atoms with Crippen molar-refractivity contribution in [3.05, 3.63) is 36.5 Å². The molecule has 1 aliphatic carbocycles. The molecule has 0 bridgehead atoms. The van der Waals surface area contributed by atoms with Gasteiger partial charge in [0.1, 0.15) is 43.2 Å². The molecule has 0 aromatic rings. The summed E-state index contributed by atoms with van der Waals surface area (Å²) in [5.41, 5.74) is 0. The molecule has 14 heteroatoms. The Morgan fingerprint density at radius 3 is 1.20 bits per heavy atom. The Morgan fingerprint density at radius 2 is 0.768 bits per heavy atom. The van der Waals surface area contributed by atoms with Crippen molar-refractivity contribution in [1.29, 1.82) is 0 Å². The monoisotopic (exact) mass is 1000 g/mol. The molecule has 0 aliphatic heterocycles. The summed E-state index contributed by atoms with van der Waals surface area (Å²) in [6.07, 6.45) is 40.6. The lowest BCUT2D eigenvalue weighted by Crippen LogP contribution is -2.64. The fourth-order valence-electron chi connectivity index (χ4n) is 8.48. The predicted molar refractivity (Wildman–Crippen MR) is 277 cm³/mol. The summed E-state index contributed by atoms with van der Waals surface area (Å²) < 4.78 is 33.6. The molecule has 1 aliphatic rings. The van der Waals surface area contributed by atoms with Crippen molar-refractivity contribution < 1.29 is 63.1 Å². The molecular formula is C55H101O13P. The number of ether oxygens (including phenoxy) is 2. The molecule has 404 valence electrons. The summed E-state index contributed by atoms with van der Waals surface area (Å²) in [6, 6.07) is 0. The first kappa shape index (κ1) is 65.1. The first-order valence-corrected chi connectivity index (χ1v) is 29.3.